The molecule has 0 saturated heterocycles. The van der Waals surface area contributed by atoms with Gasteiger partial charge in [0.1, 0.15) is 0 Å². The van der Waals surface area contributed by atoms with E-state index in [0.29, 0.717) is 5.92 Å². The van der Waals surface area contributed by atoms with Crippen LogP contribution in [0.3, 0.4) is 0 Å². The van der Waals surface area contributed by atoms with E-state index >= 15 is 0 Å². The quantitative estimate of drug-likeness (QED) is 0.683. The fraction of sp³-hybridized carbons (Fsp3) is 0.889. The summed E-state index contributed by atoms with van der Waals surface area (Å²) in [6.45, 7) is 6.81. The summed E-state index contributed by atoms with van der Waals surface area (Å²) in [5, 5.41) is 0. The van der Waals surface area contributed by atoms with Gasteiger partial charge in [-0.25, -0.2) is 0 Å². The molecule has 1 atom stereocenters. The topological polar surface area (TPSA) is 46.3 Å². The Morgan fingerprint density at radius 3 is 2.25 bits per heavy atom. The molecule has 0 saturated carbocycles. The lowest BCUT2D eigenvalue weighted by molar-refractivity contribution is -0.131. The van der Waals surface area contributed by atoms with Gasteiger partial charge in [0.2, 0.25) is 5.91 Å². The van der Waals surface area contributed by atoms with Gasteiger partial charge in [0.05, 0.1) is 6.04 Å². The molecule has 0 fully saturated rings. The van der Waals surface area contributed by atoms with Gasteiger partial charge in [-0.15, -0.1) is 0 Å². The Balaban J connectivity index is 3.72. The molecule has 0 aliphatic rings. The molecule has 3 heteroatoms. The summed E-state index contributed by atoms with van der Waals surface area (Å²) in [7, 11) is 1.80. The number of likely N-dealkylation sites (N-methyl/N-ethyl adjacent to an activating group) is 1. The van der Waals surface area contributed by atoms with Crippen molar-refractivity contribution in [3.63, 3.8) is 0 Å². The number of nitrogens with zero attached hydrogens (tertiary/aromatic N) is 1. The zero-order valence-corrected chi connectivity index (χ0v) is 8.50. The van der Waals surface area contributed by atoms with Crippen LogP contribution < -0.4 is 5.73 Å². The highest BCUT2D eigenvalue weighted by Crippen LogP contribution is 2.01. The molecule has 0 aromatic carbocycles. The smallest absolute Gasteiger partial charge is 0.238 e. The van der Waals surface area contributed by atoms with Gasteiger partial charge in [0.25, 0.3) is 0 Å². The number of carbonyl (C=O) groups excluding carboxylic acids is 1. The van der Waals surface area contributed by atoms with E-state index in [9.17, 15) is 4.79 Å². The van der Waals surface area contributed by atoms with E-state index in [0.717, 1.165) is 13.0 Å². The highest BCUT2D eigenvalue weighted by Gasteiger charge is 2.12. The van der Waals surface area contributed by atoms with Crippen molar-refractivity contribution in [3.8, 4) is 0 Å². The molecule has 3 nitrogen and oxygen atoms in total. The lowest BCUT2D eigenvalue weighted by Crippen LogP contribution is -2.40. The van der Waals surface area contributed by atoms with Crippen LogP contribution in [0.25, 0.3) is 0 Å². The Morgan fingerprint density at radius 2 is 1.92 bits per heavy atom. The lowest BCUT2D eigenvalue weighted by atomic mass is 10.1. The van der Waals surface area contributed by atoms with Crippen molar-refractivity contribution < 1.29 is 4.79 Å². The number of rotatable bonds is 4. The Hall–Kier alpha value is -0.570. The second kappa shape index (κ2) is 5.14. The maximum atomic E-state index is 11.3. The first kappa shape index (κ1) is 11.4. The van der Waals surface area contributed by atoms with Gasteiger partial charge in [0.15, 0.2) is 0 Å². The fourth-order valence-corrected chi connectivity index (χ4v) is 0.910. The second-order valence-electron chi connectivity index (χ2n) is 3.73. The minimum atomic E-state index is -0.373. The summed E-state index contributed by atoms with van der Waals surface area (Å²) in [5.74, 6) is 0.656. The summed E-state index contributed by atoms with van der Waals surface area (Å²) < 4.78 is 0. The average Bonchev–Trinajstić information content (AvgIpc) is 1.98. The molecule has 0 aliphatic carbocycles. The van der Waals surface area contributed by atoms with Gasteiger partial charge in [-0.05, 0) is 19.3 Å². The average molecular weight is 172 g/mol. The van der Waals surface area contributed by atoms with Gasteiger partial charge in [-0.3, -0.25) is 4.79 Å². The number of hydrogen-bond acceptors (Lipinski definition) is 2. The zero-order valence-electron chi connectivity index (χ0n) is 8.50. The molecule has 72 valence electrons. The van der Waals surface area contributed by atoms with Crippen LogP contribution in [0.1, 0.15) is 27.2 Å². The van der Waals surface area contributed by atoms with E-state index in [1.54, 1.807) is 18.9 Å². The van der Waals surface area contributed by atoms with E-state index < -0.39 is 0 Å². The van der Waals surface area contributed by atoms with Gasteiger partial charge >= 0.3 is 0 Å². The summed E-state index contributed by atoms with van der Waals surface area (Å²) in [6, 6.07) is -0.373. The van der Waals surface area contributed by atoms with Crippen LogP contribution in [0.15, 0.2) is 0 Å². The van der Waals surface area contributed by atoms with Crippen molar-refractivity contribution in [3.05, 3.63) is 0 Å². The van der Waals surface area contributed by atoms with Gasteiger partial charge < -0.3 is 10.6 Å². The summed E-state index contributed by atoms with van der Waals surface area (Å²) >= 11 is 0. The molecule has 0 aromatic heterocycles. The summed E-state index contributed by atoms with van der Waals surface area (Å²) in [4.78, 5) is 13.0. The number of nitrogens with two attached hydrogens (primary N) is 1. The van der Waals surface area contributed by atoms with Crippen LogP contribution in [0.2, 0.25) is 0 Å². The normalized spacial score (nSPS) is 13.2. The molecule has 0 bridgehead atoms. The van der Waals surface area contributed by atoms with E-state index in [4.69, 9.17) is 5.73 Å². The highest BCUT2D eigenvalue weighted by molar-refractivity contribution is 5.80. The predicted molar refractivity (Wildman–Crippen MR) is 50.7 cm³/mol. The molecule has 12 heavy (non-hydrogen) atoms. The maximum absolute atomic E-state index is 11.3. The van der Waals surface area contributed by atoms with Crippen LogP contribution in [0, 0.1) is 5.92 Å². The van der Waals surface area contributed by atoms with Crippen molar-refractivity contribution in [1.29, 1.82) is 0 Å². The van der Waals surface area contributed by atoms with E-state index in [1.807, 2.05) is 0 Å². The second-order valence-corrected chi connectivity index (χ2v) is 3.73. The van der Waals surface area contributed by atoms with Crippen LogP contribution in [-0.2, 0) is 4.79 Å². The van der Waals surface area contributed by atoms with Gasteiger partial charge in [-0.1, -0.05) is 13.8 Å². The first-order valence-electron chi connectivity index (χ1n) is 4.45. The first-order chi connectivity index (χ1) is 5.45. The largest absolute Gasteiger partial charge is 0.344 e. The van der Waals surface area contributed by atoms with Crippen LogP contribution in [-0.4, -0.2) is 30.4 Å². The van der Waals surface area contributed by atoms with Crippen molar-refractivity contribution >= 4 is 5.91 Å². The first-order valence-corrected chi connectivity index (χ1v) is 4.45. The summed E-state index contributed by atoms with van der Waals surface area (Å²) in [6.07, 6.45) is 1.04. The third kappa shape index (κ3) is 4.34. The molecule has 0 unspecified atom stereocenters. The minimum Gasteiger partial charge on any atom is -0.344 e. The predicted octanol–water partition coefficient (Wildman–Crippen LogP) is 0.838. The van der Waals surface area contributed by atoms with Gasteiger partial charge in [0, 0.05) is 13.6 Å². The third-order valence-electron chi connectivity index (χ3n) is 1.81. The molecule has 0 radical (unpaired) electrons. The van der Waals surface area contributed by atoms with E-state index in [1.165, 1.54) is 0 Å². The van der Waals surface area contributed by atoms with Crippen molar-refractivity contribution in [2.24, 2.45) is 11.7 Å². The Morgan fingerprint density at radius 1 is 1.42 bits per heavy atom. The van der Waals surface area contributed by atoms with Crippen molar-refractivity contribution in [2.75, 3.05) is 13.6 Å². The molecule has 2 N–H and O–H groups in total. The van der Waals surface area contributed by atoms with Gasteiger partial charge in [-0.2, -0.15) is 0 Å². The molecule has 0 aromatic rings. The Bertz CT molecular complexity index is 143. The SMILES string of the molecule is CC(C)CCN(C)C(=O)[C@@H](C)N. The van der Waals surface area contributed by atoms with Crippen LogP contribution >= 0.6 is 0 Å². The molecule has 0 aliphatic heterocycles. The van der Waals surface area contributed by atoms with Crippen molar-refractivity contribution in [1.82, 2.24) is 4.90 Å². The maximum Gasteiger partial charge on any atom is 0.238 e. The number of amides is 1. The Kier molecular flexibility index (Phi) is 4.90. The molecule has 0 heterocycles. The zero-order chi connectivity index (χ0) is 9.72. The van der Waals surface area contributed by atoms with Crippen LogP contribution in [0.5, 0.6) is 0 Å². The van der Waals surface area contributed by atoms with E-state index in [-0.39, 0.29) is 11.9 Å². The molecular weight excluding hydrogens is 152 g/mol. The monoisotopic (exact) mass is 172 g/mol. The standard InChI is InChI=1S/C9H20N2O/c1-7(2)5-6-11(4)9(12)8(3)10/h7-8H,5-6,10H2,1-4H3/t8-/m1/s1. The molecule has 0 spiro atoms. The lowest BCUT2D eigenvalue weighted by Gasteiger charge is -2.19. The highest BCUT2D eigenvalue weighted by atomic mass is 16.2. The molecule has 0 rings (SSSR count). The minimum absolute atomic E-state index is 0.0238. The fourth-order valence-electron chi connectivity index (χ4n) is 0.910. The third-order valence-corrected chi connectivity index (χ3v) is 1.81. The Labute approximate surface area is 74.9 Å². The number of hydrogen-bond donors (Lipinski definition) is 1. The van der Waals surface area contributed by atoms with E-state index in [2.05, 4.69) is 13.8 Å². The van der Waals surface area contributed by atoms with Crippen LogP contribution in [0.4, 0.5) is 0 Å². The number of carbonyl (C=O) groups is 1. The molecular formula is C9H20N2O. The summed E-state index contributed by atoms with van der Waals surface area (Å²) in [5.41, 5.74) is 5.45. The van der Waals surface area contributed by atoms with Crippen molar-refractivity contribution in [2.45, 2.75) is 33.2 Å². The molecule has 1 amide bonds.